The van der Waals surface area contributed by atoms with Crippen molar-refractivity contribution in [1.82, 2.24) is 4.90 Å². The summed E-state index contributed by atoms with van der Waals surface area (Å²) in [7, 11) is 0. The smallest absolute Gasteiger partial charge is 0.0222 e. The molecule has 0 aliphatic rings. The van der Waals surface area contributed by atoms with E-state index in [9.17, 15) is 0 Å². The molecule has 0 heterocycles. The highest BCUT2D eigenvalue weighted by atomic mass is 15.2. The van der Waals surface area contributed by atoms with Crippen LogP contribution in [0.3, 0.4) is 0 Å². The van der Waals surface area contributed by atoms with Crippen LogP contribution in [0, 0.1) is 0 Å². The van der Waals surface area contributed by atoms with Crippen LogP contribution in [0.4, 0.5) is 0 Å². The minimum absolute atomic E-state index is 0.223. The number of hydrogen-bond donors (Lipinski definition) is 4. The summed E-state index contributed by atoms with van der Waals surface area (Å²) < 4.78 is 0. The fourth-order valence-electron chi connectivity index (χ4n) is 3.91. The van der Waals surface area contributed by atoms with Gasteiger partial charge in [-0.1, -0.05) is 32.6 Å². The summed E-state index contributed by atoms with van der Waals surface area (Å²) in [5.74, 6) is 0. The number of nitrogens with zero attached hydrogens (tertiary/aromatic N) is 1. The second-order valence-electron chi connectivity index (χ2n) is 7.44. The van der Waals surface area contributed by atoms with Crippen molar-refractivity contribution in [2.75, 3.05) is 39.3 Å². The van der Waals surface area contributed by atoms with Gasteiger partial charge in [0.05, 0.1) is 0 Å². The average molecular weight is 358 g/mol. The van der Waals surface area contributed by atoms with Crippen molar-refractivity contribution < 1.29 is 0 Å². The van der Waals surface area contributed by atoms with E-state index in [1.54, 1.807) is 0 Å². The van der Waals surface area contributed by atoms with E-state index < -0.39 is 0 Å². The minimum atomic E-state index is 0.223. The van der Waals surface area contributed by atoms with Crippen LogP contribution in [0.25, 0.3) is 0 Å². The Labute approximate surface area is 157 Å². The van der Waals surface area contributed by atoms with E-state index in [0.717, 1.165) is 65.0 Å². The van der Waals surface area contributed by atoms with E-state index in [2.05, 4.69) is 11.8 Å². The number of rotatable bonds is 19. The second-order valence-corrected chi connectivity index (χ2v) is 7.44. The van der Waals surface area contributed by atoms with Gasteiger partial charge in [0, 0.05) is 5.54 Å². The maximum atomic E-state index is 6.07. The van der Waals surface area contributed by atoms with Crippen molar-refractivity contribution in [3.63, 3.8) is 0 Å². The molecule has 0 aromatic heterocycles. The number of hydrogen-bond acceptors (Lipinski definition) is 5. The summed E-state index contributed by atoms with van der Waals surface area (Å²) in [5, 5.41) is 0. The topological polar surface area (TPSA) is 107 Å². The van der Waals surface area contributed by atoms with Crippen LogP contribution in [-0.2, 0) is 0 Å². The van der Waals surface area contributed by atoms with Gasteiger partial charge in [0.15, 0.2) is 0 Å². The van der Waals surface area contributed by atoms with Gasteiger partial charge in [0.25, 0.3) is 0 Å². The van der Waals surface area contributed by atoms with E-state index in [0.29, 0.717) is 0 Å². The fraction of sp³-hybridized carbons (Fsp3) is 1.00. The lowest BCUT2D eigenvalue weighted by Gasteiger charge is -2.45. The Bertz CT molecular complexity index is 275. The van der Waals surface area contributed by atoms with Gasteiger partial charge >= 0.3 is 0 Å². The third-order valence-electron chi connectivity index (χ3n) is 5.39. The van der Waals surface area contributed by atoms with E-state index in [1.165, 1.54) is 51.4 Å². The molecule has 152 valence electrons. The molecule has 0 rings (SSSR count). The molecule has 0 saturated carbocycles. The molecule has 0 spiro atoms. The highest BCUT2D eigenvalue weighted by Crippen LogP contribution is 2.32. The molecule has 0 fully saturated rings. The zero-order valence-electron chi connectivity index (χ0n) is 17.0. The van der Waals surface area contributed by atoms with Gasteiger partial charge < -0.3 is 22.9 Å². The van der Waals surface area contributed by atoms with Gasteiger partial charge in [-0.05, 0) is 90.6 Å². The fourth-order valence-corrected chi connectivity index (χ4v) is 3.91. The molecular formula is C20H47N5. The molecule has 1 unspecified atom stereocenters. The van der Waals surface area contributed by atoms with Crippen molar-refractivity contribution in [1.29, 1.82) is 0 Å². The zero-order valence-corrected chi connectivity index (χ0v) is 17.0. The van der Waals surface area contributed by atoms with Crippen LogP contribution in [0.15, 0.2) is 0 Å². The monoisotopic (exact) mass is 357 g/mol. The molecular weight excluding hydrogens is 310 g/mol. The Kier molecular flexibility index (Phi) is 17.1. The molecule has 0 bridgehead atoms. The van der Waals surface area contributed by atoms with Gasteiger partial charge in [-0.15, -0.1) is 0 Å². The third-order valence-corrected chi connectivity index (χ3v) is 5.39. The molecule has 0 aromatic rings. The quantitative estimate of drug-likeness (QED) is 0.266. The molecule has 0 radical (unpaired) electrons. The van der Waals surface area contributed by atoms with Crippen molar-refractivity contribution in [3.05, 3.63) is 0 Å². The van der Waals surface area contributed by atoms with Crippen LogP contribution in [0.1, 0.15) is 84.0 Å². The molecule has 5 heteroatoms. The van der Waals surface area contributed by atoms with Gasteiger partial charge in [-0.25, -0.2) is 0 Å². The Hall–Kier alpha value is -0.200. The molecule has 0 aliphatic carbocycles. The Morgan fingerprint density at radius 3 is 1.68 bits per heavy atom. The van der Waals surface area contributed by atoms with Crippen molar-refractivity contribution in [2.24, 2.45) is 22.9 Å². The standard InChI is InChI=1S/C20H47N5/c1-2-3-5-11-20(13-17-24,12-10-16-23)25(19-9-7-15-22)18-8-4-6-14-21/h2-19,21-24H2,1H3. The summed E-state index contributed by atoms with van der Waals surface area (Å²) in [6.07, 6.45) is 14.3. The van der Waals surface area contributed by atoms with Crippen LogP contribution < -0.4 is 22.9 Å². The molecule has 0 saturated heterocycles. The minimum Gasteiger partial charge on any atom is -0.330 e. The lowest BCUT2D eigenvalue weighted by Crippen LogP contribution is -2.51. The number of nitrogens with two attached hydrogens (primary N) is 4. The third kappa shape index (κ3) is 11.2. The first-order chi connectivity index (χ1) is 12.2. The van der Waals surface area contributed by atoms with Crippen LogP contribution in [-0.4, -0.2) is 49.7 Å². The Morgan fingerprint density at radius 2 is 1.12 bits per heavy atom. The van der Waals surface area contributed by atoms with E-state index in [1.807, 2.05) is 0 Å². The molecule has 0 aliphatic heterocycles. The van der Waals surface area contributed by atoms with E-state index >= 15 is 0 Å². The molecule has 1 atom stereocenters. The normalized spacial score (nSPS) is 14.2. The first-order valence-corrected chi connectivity index (χ1v) is 10.8. The number of unbranched alkanes of at least 4 members (excludes halogenated alkanes) is 5. The second kappa shape index (κ2) is 17.2. The van der Waals surface area contributed by atoms with Crippen LogP contribution in [0.2, 0.25) is 0 Å². The average Bonchev–Trinajstić information content (AvgIpc) is 2.62. The molecule has 5 nitrogen and oxygen atoms in total. The highest BCUT2D eigenvalue weighted by Gasteiger charge is 2.34. The SMILES string of the molecule is CCCCCC(CCN)(CCCN)N(CCCCN)CCCCCN. The molecule has 0 amide bonds. The largest absolute Gasteiger partial charge is 0.330 e. The maximum absolute atomic E-state index is 6.07. The van der Waals surface area contributed by atoms with Crippen LogP contribution >= 0.6 is 0 Å². The molecule has 8 N–H and O–H groups in total. The van der Waals surface area contributed by atoms with Gasteiger partial charge in [-0.3, -0.25) is 4.90 Å². The first kappa shape index (κ1) is 24.8. The molecule has 25 heavy (non-hydrogen) atoms. The maximum Gasteiger partial charge on any atom is 0.0222 e. The van der Waals surface area contributed by atoms with Gasteiger partial charge in [0.2, 0.25) is 0 Å². The predicted octanol–water partition coefficient (Wildman–Crippen LogP) is 2.56. The van der Waals surface area contributed by atoms with Crippen molar-refractivity contribution in [3.8, 4) is 0 Å². The van der Waals surface area contributed by atoms with Crippen molar-refractivity contribution >= 4 is 0 Å². The van der Waals surface area contributed by atoms with Gasteiger partial charge in [-0.2, -0.15) is 0 Å². The summed E-state index contributed by atoms with van der Waals surface area (Å²) in [5.41, 5.74) is 23.6. The Balaban J connectivity index is 5.09. The lowest BCUT2D eigenvalue weighted by atomic mass is 9.81. The highest BCUT2D eigenvalue weighted by molar-refractivity contribution is 4.91. The summed E-state index contributed by atoms with van der Waals surface area (Å²) in [6.45, 7) is 7.67. The summed E-state index contributed by atoms with van der Waals surface area (Å²) in [6, 6.07) is 0. The zero-order chi connectivity index (χ0) is 18.8. The predicted molar refractivity (Wildman–Crippen MR) is 112 cm³/mol. The van der Waals surface area contributed by atoms with Crippen molar-refractivity contribution in [2.45, 2.75) is 89.5 Å². The van der Waals surface area contributed by atoms with E-state index in [-0.39, 0.29) is 5.54 Å². The molecule has 0 aromatic carbocycles. The summed E-state index contributed by atoms with van der Waals surface area (Å²) >= 11 is 0. The summed E-state index contributed by atoms with van der Waals surface area (Å²) in [4.78, 5) is 2.75. The lowest BCUT2D eigenvalue weighted by molar-refractivity contribution is 0.0548. The van der Waals surface area contributed by atoms with Gasteiger partial charge in [0.1, 0.15) is 0 Å². The van der Waals surface area contributed by atoms with Crippen LogP contribution in [0.5, 0.6) is 0 Å². The Morgan fingerprint density at radius 1 is 0.560 bits per heavy atom. The first-order valence-electron chi connectivity index (χ1n) is 10.8. The van der Waals surface area contributed by atoms with E-state index in [4.69, 9.17) is 22.9 Å².